The van der Waals surface area contributed by atoms with E-state index in [-0.39, 0.29) is 30.4 Å². The molecule has 0 amide bonds. The van der Waals surface area contributed by atoms with Gasteiger partial charge in [-0.15, -0.1) is 24.8 Å². The summed E-state index contributed by atoms with van der Waals surface area (Å²) < 4.78 is 9.61. The number of halogens is 2. The largest absolute Gasteiger partial charge is 0.456 e. The number of benzene rings is 1. The van der Waals surface area contributed by atoms with Crippen LogP contribution < -0.4 is 5.56 Å². The normalized spacial score (nSPS) is 13.8. The molecule has 0 aliphatic carbocycles. The van der Waals surface area contributed by atoms with E-state index in [0.29, 0.717) is 16.7 Å². The van der Waals surface area contributed by atoms with Crippen LogP contribution in [-0.4, -0.2) is 43.9 Å². The predicted octanol–water partition coefficient (Wildman–Crippen LogP) is 4.93. The SMILES string of the molecule is Cl.Cl.O=c1c2cc(-c3cccnc3)oc2ccn1-c1ccc2c(cnn2CCN2CCCC2)c1. The maximum Gasteiger partial charge on any atom is 0.266 e. The van der Waals surface area contributed by atoms with Gasteiger partial charge in [-0.2, -0.15) is 5.10 Å². The van der Waals surface area contributed by atoms with Crippen LogP contribution in [0.25, 0.3) is 38.9 Å². The standard InChI is InChI=1S/C25H23N5O2.2ClH/c31-25-21-15-24(18-4-3-8-26-16-18)32-23(21)7-11-29(25)20-5-6-22-19(14-20)17-27-30(22)13-12-28-9-1-2-10-28;;/h3-8,11,14-17H,1-2,9-10,12-13H2;2*1H. The Hall–Kier alpha value is -3.13. The Morgan fingerprint density at radius 1 is 0.971 bits per heavy atom. The van der Waals surface area contributed by atoms with Gasteiger partial charge in [-0.3, -0.25) is 19.0 Å². The lowest BCUT2D eigenvalue weighted by Crippen LogP contribution is -2.24. The Kier molecular flexibility index (Phi) is 7.07. The van der Waals surface area contributed by atoms with Gasteiger partial charge in [-0.25, -0.2) is 0 Å². The van der Waals surface area contributed by atoms with Gasteiger partial charge in [0.2, 0.25) is 0 Å². The summed E-state index contributed by atoms with van der Waals surface area (Å²) in [5.74, 6) is 0.637. The average Bonchev–Trinajstić information content (AvgIpc) is 3.58. The first kappa shape index (κ1) is 24.0. The number of hydrogen-bond acceptors (Lipinski definition) is 5. The van der Waals surface area contributed by atoms with Gasteiger partial charge in [0.25, 0.3) is 5.56 Å². The van der Waals surface area contributed by atoms with Crippen molar-refractivity contribution in [1.82, 2.24) is 24.2 Å². The van der Waals surface area contributed by atoms with E-state index >= 15 is 0 Å². The van der Waals surface area contributed by atoms with Crippen LogP contribution in [0, 0.1) is 0 Å². The third-order valence-electron chi connectivity index (χ3n) is 6.26. The molecular formula is C25H25Cl2N5O2. The van der Waals surface area contributed by atoms with Crippen molar-refractivity contribution in [2.24, 2.45) is 0 Å². The van der Waals surface area contributed by atoms with E-state index in [1.54, 1.807) is 29.2 Å². The zero-order chi connectivity index (χ0) is 21.5. The lowest BCUT2D eigenvalue weighted by molar-refractivity contribution is 0.318. The summed E-state index contributed by atoms with van der Waals surface area (Å²) in [6.07, 6.45) is 9.67. The molecule has 0 atom stereocenters. The number of likely N-dealkylation sites (tertiary alicyclic amines) is 1. The highest BCUT2D eigenvalue weighted by atomic mass is 35.5. The number of fused-ring (bicyclic) bond motifs is 2. The molecule has 0 radical (unpaired) electrons. The van der Waals surface area contributed by atoms with Crippen molar-refractivity contribution in [1.29, 1.82) is 0 Å². The Morgan fingerprint density at radius 2 is 1.82 bits per heavy atom. The van der Waals surface area contributed by atoms with E-state index in [4.69, 9.17) is 4.42 Å². The van der Waals surface area contributed by atoms with E-state index in [2.05, 4.69) is 25.7 Å². The number of aromatic nitrogens is 4. The Morgan fingerprint density at radius 3 is 2.62 bits per heavy atom. The summed E-state index contributed by atoms with van der Waals surface area (Å²) in [7, 11) is 0. The van der Waals surface area contributed by atoms with Crippen molar-refractivity contribution in [2.75, 3.05) is 19.6 Å². The van der Waals surface area contributed by atoms with Gasteiger partial charge in [0, 0.05) is 41.8 Å². The maximum absolute atomic E-state index is 13.2. The third kappa shape index (κ3) is 4.34. The van der Waals surface area contributed by atoms with Crippen molar-refractivity contribution >= 4 is 46.7 Å². The summed E-state index contributed by atoms with van der Waals surface area (Å²) in [5.41, 5.74) is 3.21. The molecule has 34 heavy (non-hydrogen) atoms. The van der Waals surface area contributed by atoms with E-state index in [1.807, 2.05) is 36.5 Å². The van der Waals surface area contributed by atoms with Crippen LogP contribution in [0.4, 0.5) is 0 Å². The maximum atomic E-state index is 13.2. The van der Waals surface area contributed by atoms with Gasteiger partial charge in [0.15, 0.2) is 0 Å². The topological polar surface area (TPSA) is 69.1 Å². The number of pyridine rings is 2. The van der Waals surface area contributed by atoms with Gasteiger partial charge in [-0.05, 0) is 68.4 Å². The second-order valence-corrected chi connectivity index (χ2v) is 8.28. The fourth-order valence-corrected chi connectivity index (χ4v) is 4.53. The fraction of sp³-hybridized carbons (Fsp3) is 0.240. The molecule has 6 rings (SSSR count). The minimum Gasteiger partial charge on any atom is -0.456 e. The lowest BCUT2D eigenvalue weighted by atomic mass is 10.2. The van der Waals surface area contributed by atoms with Crippen molar-refractivity contribution in [3.63, 3.8) is 0 Å². The average molecular weight is 498 g/mol. The molecule has 1 aromatic carbocycles. The second kappa shape index (κ2) is 10.0. The summed E-state index contributed by atoms with van der Waals surface area (Å²) in [6, 6.07) is 13.4. The van der Waals surface area contributed by atoms with Gasteiger partial charge in [0.05, 0.1) is 23.6 Å². The molecule has 9 heteroatoms. The molecule has 5 aromatic rings. The van der Waals surface area contributed by atoms with Crippen molar-refractivity contribution in [3.05, 3.63) is 77.6 Å². The van der Waals surface area contributed by atoms with Gasteiger partial charge in [0.1, 0.15) is 11.3 Å². The molecule has 0 N–H and O–H groups in total. The molecule has 4 aromatic heterocycles. The lowest BCUT2D eigenvalue weighted by Gasteiger charge is -2.14. The van der Waals surface area contributed by atoms with Crippen LogP contribution in [0.5, 0.6) is 0 Å². The Balaban J connectivity index is 0.00000137. The van der Waals surface area contributed by atoms with Crippen LogP contribution in [-0.2, 0) is 6.54 Å². The quantitative estimate of drug-likeness (QED) is 0.344. The first-order valence-electron chi connectivity index (χ1n) is 11.0. The van der Waals surface area contributed by atoms with Gasteiger partial charge in [-0.1, -0.05) is 0 Å². The Labute approximate surface area is 208 Å². The highest BCUT2D eigenvalue weighted by molar-refractivity contribution is 5.86. The Bertz CT molecular complexity index is 1470. The summed E-state index contributed by atoms with van der Waals surface area (Å²) in [6.45, 7) is 4.27. The number of rotatable bonds is 5. The molecular weight excluding hydrogens is 473 g/mol. The van der Waals surface area contributed by atoms with Crippen molar-refractivity contribution in [3.8, 4) is 17.0 Å². The predicted molar refractivity (Wildman–Crippen MR) is 139 cm³/mol. The fourth-order valence-electron chi connectivity index (χ4n) is 4.53. The second-order valence-electron chi connectivity index (χ2n) is 8.28. The molecule has 7 nitrogen and oxygen atoms in total. The number of hydrogen-bond donors (Lipinski definition) is 0. The minimum absolute atomic E-state index is 0. The first-order chi connectivity index (χ1) is 15.8. The van der Waals surface area contributed by atoms with Gasteiger partial charge >= 0.3 is 0 Å². The van der Waals surface area contributed by atoms with E-state index in [9.17, 15) is 4.79 Å². The molecule has 0 bridgehead atoms. The summed E-state index contributed by atoms with van der Waals surface area (Å²) in [4.78, 5) is 19.8. The van der Waals surface area contributed by atoms with E-state index in [0.717, 1.165) is 35.2 Å². The molecule has 1 aliphatic rings. The molecule has 0 unspecified atom stereocenters. The third-order valence-corrected chi connectivity index (χ3v) is 6.26. The monoisotopic (exact) mass is 497 g/mol. The van der Waals surface area contributed by atoms with Gasteiger partial charge < -0.3 is 9.32 Å². The van der Waals surface area contributed by atoms with E-state index < -0.39 is 0 Å². The van der Waals surface area contributed by atoms with Crippen LogP contribution in [0.1, 0.15) is 12.8 Å². The van der Waals surface area contributed by atoms with Crippen molar-refractivity contribution in [2.45, 2.75) is 19.4 Å². The summed E-state index contributed by atoms with van der Waals surface area (Å²) in [5, 5.41) is 6.16. The highest BCUT2D eigenvalue weighted by Crippen LogP contribution is 2.26. The van der Waals surface area contributed by atoms with Crippen molar-refractivity contribution < 1.29 is 4.42 Å². The zero-order valence-corrected chi connectivity index (χ0v) is 20.1. The molecule has 1 saturated heterocycles. The first-order valence-corrected chi connectivity index (χ1v) is 11.0. The molecule has 5 heterocycles. The number of nitrogens with zero attached hydrogens (tertiary/aromatic N) is 5. The summed E-state index contributed by atoms with van der Waals surface area (Å²) >= 11 is 0. The van der Waals surface area contributed by atoms with Crippen LogP contribution in [0.3, 0.4) is 0 Å². The van der Waals surface area contributed by atoms with Crippen LogP contribution in [0.15, 0.2) is 76.5 Å². The van der Waals surface area contributed by atoms with Crippen LogP contribution in [0.2, 0.25) is 0 Å². The zero-order valence-electron chi connectivity index (χ0n) is 18.5. The molecule has 1 aliphatic heterocycles. The molecule has 176 valence electrons. The minimum atomic E-state index is -0.109. The van der Waals surface area contributed by atoms with E-state index in [1.165, 1.54) is 25.9 Å². The molecule has 0 saturated carbocycles. The molecule has 1 fully saturated rings. The van der Waals surface area contributed by atoms with Crippen LogP contribution >= 0.6 is 24.8 Å². The highest BCUT2D eigenvalue weighted by Gasteiger charge is 2.14. The smallest absolute Gasteiger partial charge is 0.266 e. The number of furan rings is 1. The molecule has 0 spiro atoms.